The second-order valence-corrected chi connectivity index (χ2v) is 6.96. The zero-order valence-electron chi connectivity index (χ0n) is 15.7. The quantitative estimate of drug-likeness (QED) is 0.265. The molecule has 0 atom stereocenters. The number of nitrogens with zero attached hydrogens (tertiary/aromatic N) is 4. The van der Waals surface area contributed by atoms with Crippen molar-refractivity contribution in [1.82, 2.24) is 9.88 Å². The van der Waals surface area contributed by atoms with Gasteiger partial charge in [0.05, 0.1) is 6.54 Å². The number of benzene rings is 1. The molecular weight excluding hydrogens is 491 g/mol. The highest BCUT2D eigenvalue weighted by Crippen LogP contribution is 2.19. The Morgan fingerprint density at radius 2 is 2.14 bits per heavy atom. The molecule has 1 aromatic carbocycles. The summed E-state index contributed by atoms with van der Waals surface area (Å²) in [6.07, 6.45) is 1.83. The summed E-state index contributed by atoms with van der Waals surface area (Å²) in [5.74, 6) is 1.12. The molecule has 1 aromatic heterocycles. The molecule has 1 fully saturated rings. The van der Waals surface area contributed by atoms with Crippen molar-refractivity contribution in [1.29, 1.82) is 0 Å². The van der Waals surface area contributed by atoms with Crippen LogP contribution in [0.4, 0.5) is 10.8 Å². The van der Waals surface area contributed by atoms with E-state index in [9.17, 15) is 4.79 Å². The summed E-state index contributed by atoms with van der Waals surface area (Å²) in [7, 11) is 0. The maximum absolute atomic E-state index is 11.1. The normalized spacial score (nSPS) is 14.4. The monoisotopic (exact) mass is 516 g/mol. The lowest BCUT2D eigenvalue weighted by Crippen LogP contribution is -2.51. The van der Waals surface area contributed by atoms with E-state index in [0.29, 0.717) is 30.5 Å². The molecule has 152 valence electrons. The van der Waals surface area contributed by atoms with Gasteiger partial charge in [-0.25, -0.2) is 9.98 Å². The third-order valence-electron chi connectivity index (χ3n) is 4.08. The molecule has 2 heterocycles. The number of nitrogens with two attached hydrogens (primary N) is 1. The van der Waals surface area contributed by atoms with Crippen LogP contribution in [0, 0.1) is 0 Å². The van der Waals surface area contributed by atoms with E-state index < -0.39 is 0 Å². The highest BCUT2D eigenvalue weighted by Gasteiger charge is 2.19. The van der Waals surface area contributed by atoms with Gasteiger partial charge in [0.1, 0.15) is 12.4 Å². The summed E-state index contributed by atoms with van der Waals surface area (Å²) in [4.78, 5) is 24.2. The summed E-state index contributed by atoms with van der Waals surface area (Å²) in [6.45, 7) is 5.80. The number of halogens is 1. The summed E-state index contributed by atoms with van der Waals surface area (Å²) in [6, 6.07) is 7.28. The molecule has 28 heavy (non-hydrogen) atoms. The SMILES string of the molecule is CC(=O)Nc1cccc(OCCN=C(N)N2CCN(c3nccs3)CC2)c1.I. The molecule has 0 radical (unpaired) electrons. The number of hydrogen-bond acceptors (Lipinski definition) is 6. The Morgan fingerprint density at radius 3 is 2.82 bits per heavy atom. The van der Waals surface area contributed by atoms with Crippen LogP contribution in [0.15, 0.2) is 40.8 Å². The van der Waals surface area contributed by atoms with E-state index in [1.807, 2.05) is 29.8 Å². The van der Waals surface area contributed by atoms with Gasteiger partial charge < -0.3 is 25.6 Å². The van der Waals surface area contributed by atoms with Crippen LogP contribution in [0.3, 0.4) is 0 Å². The van der Waals surface area contributed by atoms with Crippen LogP contribution in [0.5, 0.6) is 5.75 Å². The highest BCUT2D eigenvalue weighted by molar-refractivity contribution is 14.0. The second-order valence-electron chi connectivity index (χ2n) is 6.09. The summed E-state index contributed by atoms with van der Waals surface area (Å²) in [5.41, 5.74) is 6.82. The number of piperazine rings is 1. The molecule has 0 spiro atoms. The number of guanidine groups is 1. The standard InChI is InChI=1S/C18H24N6O2S.HI/c1-14(25)22-15-3-2-4-16(13-15)26-11-5-20-17(19)23-7-9-24(10-8-23)18-21-6-12-27-18;/h2-4,6,12-13H,5,7-11H2,1H3,(H2,19,20)(H,22,25);1H. The predicted molar refractivity (Wildman–Crippen MR) is 124 cm³/mol. The predicted octanol–water partition coefficient (Wildman–Crippen LogP) is 2.24. The number of aromatic nitrogens is 1. The minimum Gasteiger partial charge on any atom is -0.492 e. The third kappa shape index (κ3) is 6.51. The van der Waals surface area contributed by atoms with E-state index in [2.05, 4.69) is 25.1 Å². The molecule has 1 amide bonds. The average Bonchev–Trinajstić information content (AvgIpc) is 3.20. The maximum Gasteiger partial charge on any atom is 0.221 e. The van der Waals surface area contributed by atoms with Gasteiger partial charge in [-0.05, 0) is 12.1 Å². The summed E-state index contributed by atoms with van der Waals surface area (Å²) >= 11 is 1.65. The first kappa shape index (κ1) is 22.2. The molecule has 1 aliphatic rings. The van der Waals surface area contributed by atoms with Gasteiger partial charge in [-0.3, -0.25) is 4.79 Å². The third-order valence-corrected chi connectivity index (χ3v) is 4.91. The molecule has 8 nitrogen and oxygen atoms in total. The number of thiazole rings is 1. The molecule has 0 unspecified atom stereocenters. The Bertz CT molecular complexity index is 778. The molecule has 3 rings (SSSR count). The fourth-order valence-electron chi connectivity index (χ4n) is 2.79. The summed E-state index contributed by atoms with van der Waals surface area (Å²) in [5, 5.41) is 5.77. The first-order chi connectivity index (χ1) is 13.1. The molecule has 1 saturated heterocycles. The van der Waals surface area contributed by atoms with Crippen LogP contribution < -0.4 is 20.7 Å². The zero-order valence-corrected chi connectivity index (χ0v) is 18.9. The van der Waals surface area contributed by atoms with Crippen molar-refractivity contribution < 1.29 is 9.53 Å². The van der Waals surface area contributed by atoms with Crippen molar-refractivity contribution >= 4 is 58.0 Å². The minimum absolute atomic E-state index is 0. The lowest BCUT2D eigenvalue weighted by Gasteiger charge is -2.35. The number of ether oxygens (including phenoxy) is 1. The molecule has 1 aliphatic heterocycles. The zero-order chi connectivity index (χ0) is 19.1. The molecule has 3 N–H and O–H groups in total. The number of carbonyl (C=O) groups excluding carboxylic acids is 1. The Hall–Kier alpha value is -2.08. The van der Waals surface area contributed by atoms with E-state index in [1.54, 1.807) is 17.4 Å². The number of nitrogens with one attached hydrogen (secondary N) is 1. The number of hydrogen-bond donors (Lipinski definition) is 2. The average molecular weight is 516 g/mol. The van der Waals surface area contributed by atoms with Crippen LogP contribution in [0.25, 0.3) is 0 Å². The first-order valence-corrected chi connectivity index (χ1v) is 9.69. The molecule has 0 aliphatic carbocycles. The van der Waals surface area contributed by atoms with Crippen molar-refractivity contribution in [3.63, 3.8) is 0 Å². The van der Waals surface area contributed by atoms with Crippen LogP contribution >= 0.6 is 35.3 Å². The van der Waals surface area contributed by atoms with Gasteiger partial charge in [0.2, 0.25) is 5.91 Å². The summed E-state index contributed by atoms with van der Waals surface area (Å²) < 4.78 is 5.68. The number of rotatable bonds is 6. The maximum atomic E-state index is 11.1. The number of carbonyl (C=O) groups is 1. The largest absolute Gasteiger partial charge is 0.492 e. The van der Waals surface area contributed by atoms with Crippen LogP contribution in [-0.2, 0) is 4.79 Å². The van der Waals surface area contributed by atoms with E-state index in [-0.39, 0.29) is 29.9 Å². The number of aliphatic imine (C=N–C) groups is 1. The smallest absolute Gasteiger partial charge is 0.221 e. The number of amides is 1. The van der Waals surface area contributed by atoms with Crippen LogP contribution in [-0.4, -0.2) is 61.1 Å². The van der Waals surface area contributed by atoms with Gasteiger partial charge in [-0.1, -0.05) is 6.07 Å². The lowest BCUT2D eigenvalue weighted by atomic mass is 10.3. The van der Waals surface area contributed by atoms with E-state index in [1.165, 1.54) is 6.92 Å². The van der Waals surface area contributed by atoms with E-state index >= 15 is 0 Å². The van der Waals surface area contributed by atoms with Gasteiger partial charge in [0, 0.05) is 56.4 Å². The Balaban J connectivity index is 0.00000280. The fraction of sp³-hybridized carbons (Fsp3) is 0.389. The molecule has 10 heteroatoms. The van der Waals surface area contributed by atoms with Crippen LogP contribution in [0.2, 0.25) is 0 Å². The van der Waals surface area contributed by atoms with Gasteiger partial charge in [0.25, 0.3) is 0 Å². The van der Waals surface area contributed by atoms with Gasteiger partial charge >= 0.3 is 0 Å². The van der Waals surface area contributed by atoms with Gasteiger partial charge in [0.15, 0.2) is 11.1 Å². The van der Waals surface area contributed by atoms with E-state index in [0.717, 1.165) is 31.3 Å². The van der Waals surface area contributed by atoms with Crippen LogP contribution in [0.1, 0.15) is 6.92 Å². The lowest BCUT2D eigenvalue weighted by molar-refractivity contribution is -0.114. The van der Waals surface area contributed by atoms with Crippen molar-refractivity contribution in [3.05, 3.63) is 35.8 Å². The Labute approximate surface area is 185 Å². The Kier molecular flexibility index (Phi) is 8.77. The fourth-order valence-corrected chi connectivity index (χ4v) is 3.49. The molecular formula is C18H25IN6O2S. The first-order valence-electron chi connectivity index (χ1n) is 8.81. The van der Waals surface area contributed by atoms with Crippen molar-refractivity contribution in [2.45, 2.75) is 6.92 Å². The molecule has 2 aromatic rings. The second kappa shape index (κ2) is 11.1. The topological polar surface area (TPSA) is 96.1 Å². The van der Waals surface area contributed by atoms with Crippen molar-refractivity contribution in [2.24, 2.45) is 10.7 Å². The molecule has 0 saturated carbocycles. The Morgan fingerprint density at radius 1 is 1.36 bits per heavy atom. The van der Waals surface area contributed by atoms with Crippen molar-refractivity contribution in [2.75, 3.05) is 49.5 Å². The van der Waals surface area contributed by atoms with Crippen molar-refractivity contribution in [3.8, 4) is 5.75 Å². The van der Waals surface area contributed by atoms with E-state index in [4.69, 9.17) is 10.5 Å². The molecule has 0 bridgehead atoms. The number of anilines is 2. The van der Waals surface area contributed by atoms with Gasteiger partial charge in [-0.2, -0.15) is 0 Å². The van der Waals surface area contributed by atoms with Gasteiger partial charge in [-0.15, -0.1) is 35.3 Å². The highest BCUT2D eigenvalue weighted by atomic mass is 127. The minimum atomic E-state index is -0.112.